The molecule has 0 spiro atoms. The van der Waals surface area contributed by atoms with E-state index in [9.17, 15) is 0 Å². The molecule has 0 aliphatic carbocycles. The highest BCUT2D eigenvalue weighted by molar-refractivity contribution is 6.60. The highest BCUT2D eigenvalue weighted by Crippen LogP contribution is 2.23. The van der Waals surface area contributed by atoms with Crippen molar-refractivity contribution in [1.82, 2.24) is 0 Å². The Morgan fingerprint density at radius 2 is 1.65 bits per heavy atom. The number of hydrogen-bond acceptors (Lipinski definition) is 5. The van der Waals surface area contributed by atoms with E-state index in [-0.39, 0.29) is 0 Å². The van der Waals surface area contributed by atoms with E-state index in [4.69, 9.17) is 22.8 Å². The Bertz CT molecular complexity index is 231. The summed E-state index contributed by atoms with van der Waals surface area (Å²) in [6.45, 7) is 12.4. The first-order valence-corrected chi connectivity index (χ1v) is 9.70. The van der Waals surface area contributed by atoms with Gasteiger partial charge >= 0.3 is 8.80 Å². The van der Waals surface area contributed by atoms with Crippen LogP contribution in [0.15, 0.2) is 0 Å². The molecule has 1 heterocycles. The average molecular weight is 306 g/mol. The first-order chi connectivity index (χ1) is 9.65. The maximum Gasteiger partial charge on any atom is 0.501 e. The van der Waals surface area contributed by atoms with Gasteiger partial charge < -0.3 is 22.8 Å². The highest BCUT2D eigenvalue weighted by Gasteiger charge is 2.41. The lowest BCUT2D eigenvalue weighted by Gasteiger charge is -2.30. The lowest BCUT2D eigenvalue weighted by atomic mass is 10.1. The van der Waals surface area contributed by atoms with Crippen molar-refractivity contribution in [3.8, 4) is 0 Å². The highest BCUT2D eigenvalue weighted by atomic mass is 28.4. The van der Waals surface area contributed by atoms with Crippen molar-refractivity contribution in [3.05, 3.63) is 0 Å². The average Bonchev–Trinajstić information content (AvgIpc) is 3.19. The van der Waals surface area contributed by atoms with Crippen LogP contribution in [-0.4, -0.2) is 54.5 Å². The van der Waals surface area contributed by atoms with Gasteiger partial charge in [-0.25, -0.2) is 0 Å². The summed E-state index contributed by atoms with van der Waals surface area (Å²) in [6.07, 6.45) is 1.34. The maximum absolute atomic E-state index is 5.87. The van der Waals surface area contributed by atoms with Crippen molar-refractivity contribution in [1.29, 1.82) is 0 Å². The summed E-state index contributed by atoms with van der Waals surface area (Å²) in [5, 5.41) is 0. The molecule has 0 bridgehead atoms. The van der Waals surface area contributed by atoms with Gasteiger partial charge in [-0.15, -0.1) is 0 Å². The predicted octanol–water partition coefficient (Wildman–Crippen LogP) is 2.48. The Hall–Kier alpha value is 0.0169. The van der Waals surface area contributed by atoms with Crippen LogP contribution in [0.5, 0.6) is 0 Å². The summed E-state index contributed by atoms with van der Waals surface area (Å²) in [7, 11) is -2.51. The van der Waals surface area contributed by atoms with E-state index in [1.807, 2.05) is 20.8 Å². The first-order valence-electron chi connectivity index (χ1n) is 7.77. The molecule has 2 unspecified atom stereocenters. The van der Waals surface area contributed by atoms with Crippen LogP contribution in [-0.2, 0) is 22.8 Å². The standard InChI is InChI=1S/C14H30O5Si/c1-5-17-20(18-6-2,19-7-3)12-13(4)8-9-15-10-14-11-16-14/h13-14H,5-12H2,1-4H3. The van der Waals surface area contributed by atoms with Crippen molar-refractivity contribution in [2.45, 2.75) is 46.3 Å². The lowest BCUT2D eigenvalue weighted by molar-refractivity contribution is 0.0636. The second-order valence-electron chi connectivity index (χ2n) is 5.11. The molecule has 2 atom stereocenters. The molecule has 0 saturated carbocycles. The molecule has 0 radical (unpaired) electrons. The Labute approximate surface area is 124 Å². The normalized spacial score (nSPS) is 20.1. The van der Waals surface area contributed by atoms with E-state index < -0.39 is 8.80 Å². The summed E-state index contributed by atoms with van der Waals surface area (Å²) in [4.78, 5) is 0. The van der Waals surface area contributed by atoms with Gasteiger partial charge in [0, 0.05) is 32.5 Å². The molecule has 0 aromatic heterocycles. The molecule has 1 saturated heterocycles. The molecule has 0 amide bonds. The van der Waals surface area contributed by atoms with Gasteiger partial charge in [0.05, 0.1) is 13.2 Å². The second kappa shape index (κ2) is 9.86. The molecule has 20 heavy (non-hydrogen) atoms. The SMILES string of the molecule is CCO[Si](CC(C)CCOCC1CO1)(OCC)OCC. The van der Waals surface area contributed by atoms with Gasteiger partial charge in [-0.1, -0.05) is 6.92 Å². The molecular formula is C14H30O5Si. The van der Waals surface area contributed by atoms with Crippen LogP contribution in [0.1, 0.15) is 34.1 Å². The van der Waals surface area contributed by atoms with E-state index in [1.54, 1.807) is 0 Å². The minimum absolute atomic E-state index is 0.342. The monoisotopic (exact) mass is 306 g/mol. The smallest absolute Gasteiger partial charge is 0.379 e. The molecule has 120 valence electrons. The number of rotatable bonds is 13. The largest absolute Gasteiger partial charge is 0.501 e. The zero-order chi connectivity index (χ0) is 14.8. The summed E-state index contributed by atoms with van der Waals surface area (Å²) in [5.74, 6) is 0.464. The van der Waals surface area contributed by atoms with Gasteiger partial charge in [0.1, 0.15) is 6.10 Å². The lowest BCUT2D eigenvalue weighted by Crippen LogP contribution is -2.47. The van der Waals surface area contributed by atoms with Gasteiger partial charge in [0.2, 0.25) is 0 Å². The fraction of sp³-hybridized carbons (Fsp3) is 1.00. The molecular weight excluding hydrogens is 276 g/mol. The number of ether oxygens (including phenoxy) is 2. The van der Waals surface area contributed by atoms with E-state index in [2.05, 4.69) is 6.92 Å². The van der Waals surface area contributed by atoms with Crippen molar-refractivity contribution < 1.29 is 22.8 Å². The zero-order valence-electron chi connectivity index (χ0n) is 13.4. The number of epoxide rings is 1. The summed E-state index contributed by atoms with van der Waals surface area (Å²) in [5.41, 5.74) is 0. The van der Waals surface area contributed by atoms with Crippen molar-refractivity contribution in [3.63, 3.8) is 0 Å². The molecule has 1 rings (SSSR count). The van der Waals surface area contributed by atoms with E-state index in [1.165, 1.54) is 0 Å². The van der Waals surface area contributed by atoms with Crippen LogP contribution >= 0.6 is 0 Å². The van der Waals surface area contributed by atoms with Gasteiger partial charge in [-0.3, -0.25) is 0 Å². The maximum atomic E-state index is 5.87. The fourth-order valence-electron chi connectivity index (χ4n) is 2.15. The van der Waals surface area contributed by atoms with Gasteiger partial charge in [0.25, 0.3) is 0 Å². The summed E-state index contributed by atoms with van der Waals surface area (Å²) >= 11 is 0. The van der Waals surface area contributed by atoms with E-state index in [0.29, 0.717) is 31.8 Å². The second-order valence-corrected chi connectivity index (χ2v) is 7.75. The molecule has 6 heteroatoms. The van der Waals surface area contributed by atoms with Gasteiger partial charge in [0.15, 0.2) is 0 Å². The van der Waals surface area contributed by atoms with Crippen LogP contribution in [0.3, 0.4) is 0 Å². The van der Waals surface area contributed by atoms with Crippen molar-refractivity contribution in [2.24, 2.45) is 5.92 Å². The van der Waals surface area contributed by atoms with Gasteiger partial charge in [-0.05, 0) is 33.1 Å². The summed E-state index contributed by atoms with van der Waals surface area (Å²) in [6, 6.07) is 0.853. The third-order valence-electron chi connectivity index (χ3n) is 3.15. The Balaban J connectivity index is 2.31. The van der Waals surface area contributed by atoms with Crippen molar-refractivity contribution >= 4 is 8.80 Å². The van der Waals surface area contributed by atoms with E-state index >= 15 is 0 Å². The third-order valence-corrected chi connectivity index (χ3v) is 6.53. The zero-order valence-corrected chi connectivity index (χ0v) is 14.4. The molecule has 0 N–H and O–H groups in total. The molecule has 1 aliphatic heterocycles. The third kappa shape index (κ3) is 7.15. The summed E-state index contributed by atoms with van der Waals surface area (Å²) < 4.78 is 28.3. The van der Waals surface area contributed by atoms with Crippen LogP contribution < -0.4 is 0 Å². The number of hydrogen-bond donors (Lipinski definition) is 0. The van der Waals surface area contributed by atoms with E-state index in [0.717, 1.165) is 32.3 Å². The molecule has 1 aliphatic rings. The van der Waals surface area contributed by atoms with Gasteiger partial charge in [-0.2, -0.15) is 0 Å². The minimum atomic E-state index is -2.51. The topological polar surface area (TPSA) is 49.5 Å². The Kier molecular flexibility index (Phi) is 8.91. The minimum Gasteiger partial charge on any atom is -0.379 e. The van der Waals surface area contributed by atoms with Crippen molar-refractivity contribution in [2.75, 3.05) is 39.6 Å². The Morgan fingerprint density at radius 3 is 2.10 bits per heavy atom. The molecule has 0 aromatic rings. The van der Waals surface area contributed by atoms with Crippen LogP contribution in [0, 0.1) is 5.92 Å². The molecule has 5 nitrogen and oxygen atoms in total. The first kappa shape index (κ1) is 18.1. The predicted molar refractivity (Wildman–Crippen MR) is 79.8 cm³/mol. The van der Waals surface area contributed by atoms with Crippen LogP contribution in [0.2, 0.25) is 6.04 Å². The van der Waals surface area contributed by atoms with Crippen LogP contribution in [0.4, 0.5) is 0 Å². The molecule has 1 fully saturated rings. The van der Waals surface area contributed by atoms with Crippen LogP contribution in [0.25, 0.3) is 0 Å². The quantitative estimate of drug-likeness (QED) is 0.297. The fourth-order valence-corrected chi connectivity index (χ4v) is 5.13. The Morgan fingerprint density at radius 1 is 1.10 bits per heavy atom. The molecule has 0 aromatic carbocycles.